The van der Waals surface area contributed by atoms with Crippen molar-refractivity contribution in [3.63, 3.8) is 0 Å². The van der Waals surface area contributed by atoms with Crippen LogP contribution in [-0.4, -0.2) is 26.5 Å². The van der Waals surface area contributed by atoms with Gasteiger partial charge in [0.15, 0.2) is 0 Å². The molecule has 1 aromatic carbocycles. The standard InChI is InChI=1S/C13H15N3O3/c1-7(6-11(14)17)16-8(2)15-10-5-3-4-9(12(10)16)13(18)19/h3-5,7H,6H2,1-2H3,(H2,14,17)(H,18,19). The number of amides is 1. The molecule has 1 atom stereocenters. The molecule has 19 heavy (non-hydrogen) atoms. The third-order valence-corrected chi connectivity index (χ3v) is 3.05. The van der Waals surface area contributed by atoms with Gasteiger partial charge in [0.25, 0.3) is 0 Å². The van der Waals surface area contributed by atoms with Crippen molar-refractivity contribution in [1.29, 1.82) is 0 Å². The van der Waals surface area contributed by atoms with Gasteiger partial charge >= 0.3 is 5.97 Å². The van der Waals surface area contributed by atoms with Gasteiger partial charge in [0.2, 0.25) is 5.91 Å². The molecule has 3 N–H and O–H groups in total. The molecule has 1 unspecified atom stereocenters. The summed E-state index contributed by atoms with van der Waals surface area (Å²) in [6, 6.07) is 4.70. The monoisotopic (exact) mass is 261 g/mol. The molecule has 6 nitrogen and oxygen atoms in total. The number of carboxylic acid groups (broad SMARTS) is 1. The summed E-state index contributed by atoms with van der Waals surface area (Å²) in [6.07, 6.45) is 0.139. The molecule has 0 spiro atoms. The molecule has 0 saturated carbocycles. The molecule has 0 fully saturated rings. The number of carbonyl (C=O) groups is 2. The zero-order chi connectivity index (χ0) is 14.2. The second-order valence-electron chi connectivity index (χ2n) is 4.53. The fraction of sp³-hybridized carbons (Fsp3) is 0.308. The number of aromatic carboxylic acids is 1. The topological polar surface area (TPSA) is 98.2 Å². The molecule has 1 amide bonds. The maximum absolute atomic E-state index is 11.3. The van der Waals surface area contributed by atoms with Crippen molar-refractivity contribution in [2.45, 2.75) is 26.3 Å². The van der Waals surface area contributed by atoms with Crippen LogP contribution in [0.4, 0.5) is 0 Å². The number of hydrogen-bond acceptors (Lipinski definition) is 3. The Morgan fingerprint density at radius 2 is 2.16 bits per heavy atom. The summed E-state index contributed by atoms with van der Waals surface area (Å²) < 4.78 is 1.75. The number of rotatable bonds is 4. The van der Waals surface area contributed by atoms with E-state index in [0.717, 1.165) is 0 Å². The average molecular weight is 261 g/mol. The smallest absolute Gasteiger partial charge is 0.337 e. The predicted molar refractivity (Wildman–Crippen MR) is 70.0 cm³/mol. The number of para-hydroxylation sites is 1. The maximum atomic E-state index is 11.3. The highest BCUT2D eigenvalue weighted by atomic mass is 16.4. The Balaban J connectivity index is 2.68. The van der Waals surface area contributed by atoms with Crippen molar-refractivity contribution in [3.05, 3.63) is 29.6 Å². The molecule has 0 saturated heterocycles. The Morgan fingerprint density at radius 3 is 2.74 bits per heavy atom. The second-order valence-corrected chi connectivity index (χ2v) is 4.53. The number of carboxylic acids is 1. The van der Waals surface area contributed by atoms with E-state index in [4.69, 9.17) is 5.73 Å². The zero-order valence-electron chi connectivity index (χ0n) is 10.8. The van der Waals surface area contributed by atoms with Gasteiger partial charge in [-0.2, -0.15) is 0 Å². The first-order valence-electron chi connectivity index (χ1n) is 5.91. The molecule has 0 aliphatic rings. The first kappa shape index (κ1) is 13.1. The van der Waals surface area contributed by atoms with E-state index in [2.05, 4.69) is 4.98 Å². The third kappa shape index (κ3) is 2.29. The number of primary amides is 1. The van der Waals surface area contributed by atoms with Crippen LogP contribution in [0.15, 0.2) is 18.2 Å². The summed E-state index contributed by atoms with van der Waals surface area (Å²) in [7, 11) is 0. The van der Waals surface area contributed by atoms with Crippen LogP contribution in [0.1, 0.15) is 35.6 Å². The van der Waals surface area contributed by atoms with E-state index in [1.165, 1.54) is 6.07 Å². The van der Waals surface area contributed by atoms with E-state index >= 15 is 0 Å². The van der Waals surface area contributed by atoms with Crippen molar-refractivity contribution < 1.29 is 14.7 Å². The van der Waals surface area contributed by atoms with Crippen LogP contribution < -0.4 is 5.73 Å². The lowest BCUT2D eigenvalue weighted by Crippen LogP contribution is -2.18. The number of fused-ring (bicyclic) bond motifs is 1. The van der Waals surface area contributed by atoms with Crippen molar-refractivity contribution in [3.8, 4) is 0 Å². The van der Waals surface area contributed by atoms with Crippen molar-refractivity contribution in [2.24, 2.45) is 5.73 Å². The third-order valence-electron chi connectivity index (χ3n) is 3.05. The molecule has 0 radical (unpaired) electrons. The minimum atomic E-state index is -1.02. The number of hydrogen-bond donors (Lipinski definition) is 2. The fourth-order valence-electron chi connectivity index (χ4n) is 2.36. The summed E-state index contributed by atoms with van der Waals surface area (Å²) in [4.78, 5) is 26.7. The second kappa shape index (κ2) is 4.72. The highest BCUT2D eigenvalue weighted by Gasteiger charge is 2.20. The molecule has 2 aromatic rings. The van der Waals surface area contributed by atoms with Gasteiger partial charge in [0, 0.05) is 12.5 Å². The van der Waals surface area contributed by atoms with Gasteiger partial charge in [-0.15, -0.1) is 0 Å². The summed E-state index contributed by atoms with van der Waals surface area (Å²) >= 11 is 0. The number of nitrogens with two attached hydrogens (primary N) is 1. The molecule has 0 aliphatic heterocycles. The number of imidazole rings is 1. The van der Waals surface area contributed by atoms with E-state index in [-0.39, 0.29) is 18.0 Å². The van der Waals surface area contributed by atoms with E-state index in [1.54, 1.807) is 23.6 Å². The molecule has 6 heteroatoms. The van der Waals surface area contributed by atoms with E-state index in [0.29, 0.717) is 16.9 Å². The van der Waals surface area contributed by atoms with Crippen molar-refractivity contribution in [2.75, 3.05) is 0 Å². The van der Waals surface area contributed by atoms with Gasteiger partial charge < -0.3 is 15.4 Å². The number of benzene rings is 1. The highest BCUT2D eigenvalue weighted by Crippen LogP contribution is 2.25. The van der Waals surface area contributed by atoms with E-state index in [1.807, 2.05) is 6.92 Å². The van der Waals surface area contributed by atoms with Crippen LogP contribution in [0.3, 0.4) is 0 Å². The minimum Gasteiger partial charge on any atom is -0.478 e. The van der Waals surface area contributed by atoms with Gasteiger partial charge in [-0.25, -0.2) is 9.78 Å². The average Bonchev–Trinajstić information content (AvgIpc) is 2.63. The zero-order valence-corrected chi connectivity index (χ0v) is 10.8. The van der Waals surface area contributed by atoms with Crippen LogP contribution >= 0.6 is 0 Å². The largest absolute Gasteiger partial charge is 0.478 e. The molecule has 0 bridgehead atoms. The SMILES string of the molecule is Cc1nc2cccc(C(=O)O)c2n1C(C)CC(N)=O. The Labute approximate surface area is 109 Å². The van der Waals surface area contributed by atoms with Crippen LogP contribution in [0.25, 0.3) is 11.0 Å². The molecule has 1 aromatic heterocycles. The molecule has 0 aliphatic carbocycles. The van der Waals surface area contributed by atoms with Crippen molar-refractivity contribution in [1.82, 2.24) is 9.55 Å². The van der Waals surface area contributed by atoms with Gasteiger partial charge in [0.1, 0.15) is 5.82 Å². The lowest BCUT2D eigenvalue weighted by atomic mass is 10.1. The van der Waals surface area contributed by atoms with Crippen LogP contribution in [0.5, 0.6) is 0 Å². The molecular weight excluding hydrogens is 246 g/mol. The van der Waals surface area contributed by atoms with Crippen LogP contribution in [0.2, 0.25) is 0 Å². The lowest BCUT2D eigenvalue weighted by Gasteiger charge is -2.15. The van der Waals surface area contributed by atoms with Crippen LogP contribution in [-0.2, 0) is 4.79 Å². The normalized spacial score (nSPS) is 12.5. The Bertz CT molecular complexity index is 660. The maximum Gasteiger partial charge on any atom is 0.337 e. The molecule has 100 valence electrons. The molecular formula is C13H15N3O3. The van der Waals surface area contributed by atoms with E-state index < -0.39 is 11.9 Å². The van der Waals surface area contributed by atoms with Gasteiger partial charge in [-0.05, 0) is 26.0 Å². The quantitative estimate of drug-likeness (QED) is 0.870. The van der Waals surface area contributed by atoms with Gasteiger partial charge in [0.05, 0.1) is 16.6 Å². The lowest BCUT2D eigenvalue weighted by molar-refractivity contribution is -0.118. The minimum absolute atomic E-state index is 0.139. The molecule has 2 rings (SSSR count). The van der Waals surface area contributed by atoms with Crippen LogP contribution in [0, 0.1) is 6.92 Å². The Hall–Kier alpha value is -2.37. The predicted octanol–water partition coefficient (Wildman–Crippen LogP) is 1.48. The van der Waals surface area contributed by atoms with Gasteiger partial charge in [-0.3, -0.25) is 4.79 Å². The summed E-state index contributed by atoms with van der Waals surface area (Å²) in [5, 5.41) is 9.25. The number of nitrogens with zero attached hydrogens (tertiary/aromatic N) is 2. The summed E-state index contributed by atoms with van der Waals surface area (Å²) in [6.45, 7) is 3.60. The fourth-order valence-corrected chi connectivity index (χ4v) is 2.36. The number of carbonyl (C=O) groups excluding carboxylic acids is 1. The Morgan fingerprint density at radius 1 is 1.47 bits per heavy atom. The summed E-state index contributed by atoms with van der Waals surface area (Å²) in [5.41, 5.74) is 6.51. The van der Waals surface area contributed by atoms with Gasteiger partial charge in [-0.1, -0.05) is 6.07 Å². The van der Waals surface area contributed by atoms with E-state index in [9.17, 15) is 14.7 Å². The van der Waals surface area contributed by atoms with Crippen molar-refractivity contribution >= 4 is 22.9 Å². The number of aromatic nitrogens is 2. The highest BCUT2D eigenvalue weighted by molar-refractivity contribution is 6.01. The number of aryl methyl sites for hydroxylation is 1. The molecule has 1 heterocycles. The summed E-state index contributed by atoms with van der Waals surface area (Å²) in [5.74, 6) is -0.781. The first-order chi connectivity index (χ1) is 8.91. The Kier molecular flexibility index (Phi) is 3.25. The first-order valence-corrected chi connectivity index (χ1v) is 5.91.